The van der Waals surface area contributed by atoms with E-state index in [1.54, 1.807) is 7.11 Å². The summed E-state index contributed by atoms with van der Waals surface area (Å²) in [5.74, 6) is 0. The topological polar surface area (TPSA) is 21.6 Å². The number of methoxy groups -OCH3 is 1. The van der Waals surface area contributed by atoms with E-state index in [2.05, 4.69) is 17.1 Å². The fourth-order valence-corrected chi connectivity index (χ4v) is 1.24. The Bertz CT molecular complexity index is 256. The minimum atomic E-state index is 0.135. The summed E-state index contributed by atoms with van der Waals surface area (Å²) in [6, 6.07) is 10.3. The lowest BCUT2D eigenvalue weighted by Crippen LogP contribution is -2.03. The summed E-state index contributed by atoms with van der Waals surface area (Å²) in [7, 11) is 1.70. The molecule has 13 heavy (non-hydrogen) atoms. The highest BCUT2D eigenvalue weighted by molar-refractivity contribution is 5.54. The molecular formula is C11H15NO. The van der Waals surface area contributed by atoms with Crippen LogP contribution in [0.2, 0.25) is 0 Å². The molecule has 0 fully saturated rings. The summed E-state index contributed by atoms with van der Waals surface area (Å²) < 4.78 is 5.10. The maximum atomic E-state index is 5.10. The number of ether oxygens (including phenoxy) is 1. The van der Waals surface area contributed by atoms with Gasteiger partial charge >= 0.3 is 0 Å². The molecule has 1 aromatic carbocycles. The number of nitrogens with zero attached hydrogens (tertiary/aromatic N) is 1. The van der Waals surface area contributed by atoms with Gasteiger partial charge in [-0.25, -0.2) is 0 Å². The molecule has 70 valence electrons. The Hall–Kier alpha value is -1.15. The van der Waals surface area contributed by atoms with Gasteiger partial charge in [0.25, 0.3) is 0 Å². The molecule has 0 aliphatic carbocycles. The highest BCUT2D eigenvalue weighted by atomic mass is 16.5. The van der Waals surface area contributed by atoms with E-state index in [9.17, 15) is 0 Å². The highest BCUT2D eigenvalue weighted by Crippen LogP contribution is 2.16. The van der Waals surface area contributed by atoms with E-state index in [1.807, 2.05) is 31.3 Å². The highest BCUT2D eigenvalue weighted by Gasteiger charge is 2.06. The standard InChI is InChI=1S/C11H15NO/c1-3-12-11(9-13-2)10-7-5-4-6-8-10/h3-8,11H,9H2,1-2H3/t11-/m0/s1. The second kappa shape index (κ2) is 5.49. The molecule has 0 spiro atoms. The van der Waals surface area contributed by atoms with Crippen molar-refractivity contribution in [2.75, 3.05) is 13.7 Å². The van der Waals surface area contributed by atoms with Crippen LogP contribution in [0, 0.1) is 0 Å². The van der Waals surface area contributed by atoms with Gasteiger partial charge in [0.05, 0.1) is 12.6 Å². The average molecular weight is 177 g/mol. The molecule has 1 rings (SSSR count). The first-order valence-electron chi connectivity index (χ1n) is 4.40. The molecule has 0 aliphatic rings. The maximum Gasteiger partial charge on any atom is 0.0978 e. The predicted molar refractivity (Wildman–Crippen MR) is 55.2 cm³/mol. The van der Waals surface area contributed by atoms with Crippen LogP contribution in [0.4, 0.5) is 0 Å². The van der Waals surface area contributed by atoms with Crippen molar-refractivity contribution < 1.29 is 4.74 Å². The quantitative estimate of drug-likeness (QED) is 0.647. The second-order valence-electron chi connectivity index (χ2n) is 2.79. The molecule has 2 heteroatoms. The monoisotopic (exact) mass is 177 g/mol. The van der Waals surface area contributed by atoms with Crippen LogP contribution in [-0.2, 0) is 4.74 Å². The molecule has 1 aromatic rings. The second-order valence-corrected chi connectivity index (χ2v) is 2.79. The van der Waals surface area contributed by atoms with Gasteiger partial charge in [-0.05, 0) is 18.7 Å². The minimum Gasteiger partial charge on any atom is -0.382 e. The first-order valence-corrected chi connectivity index (χ1v) is 4.40. The van der Waals surface area contributed by atoms with Crippen molar-refractivity contribution in [1.82, 2.24) is 0 Å². The number of rotatable bonds is 4. The molecule has 0 saturated heterocycles. The molecule has 0 aromatic heterocycles. The Morgan fingerprint density at radius 2 is 2.08 bits per heavy atom. The van der Waals surface area contributed by atoms with Crippen LogP contribution >= 0.6 is 0 Å². The van der Waals surface area contributed by atoms with Crippen molar-refractivity contribution in [3.63, 3.8) is 0 Å². The Kier molecular flexibility index (Phi) is 4.19. The fraction of sp³-hybridized carbons (Fsp3) is 0.364. The average Bonchev–Trinajstić information content (AvgIpc) is 2.19. The van der Waals surface area contributed by atoms with Crippen LogP contribution in [0.3, 0.4) is 0 Å². The van der Waals surface area contributed by atoms with Crippen molar-refractivity contribution in [3.05, 3.63) is 35.9 Å². The summed E-state index contributed by atoms with van der Waals surface area (Å²) >= 11 is 0. The van der Waals surface area contributed by atoms with Gasteiger partial charge in [-0.3, -0.25) is 4.99 Å². The normalized spacial score (nSPS) is 13.4. The fourth-order valence-electron chi connectivity index (χ4n) is 1.24. The van der Waals surface area contributed by atoms with E-state index in [-0.39, 0.29) is 6.04 Å². The minimum absolute atomic E-state index is 0.135. The Balaban J connectivity index is 2.76. The Morgan fingerprint density at radius 1 is 1.38 bits per heavy atom. The zero-order chi connectivity index (χ0) is 9.52. The molecule has 0 radical (unpaired) electrons. The lowest BCUT2D eigenvalue weighted by molar-refractivity contribution is 0.181. The summed E-state index contributed by atoms with van der Waals surface area (Å²) in [5, 5.41) is 0. The van der Waals surface area contributed by atoms with Gasteiger partial charge in [0, 0.05) is 7.11 Å². The SMILES string of the molecule is CC=N[C@@H](COC)c1ccccc1. The smallest absolute Gasteiger partial charge is 0.0978 e. The first kappa shape index (κ1) is 9.93. The first-order chi connectivity index (χ1) is 6.38. The van der Waals surface area contributed by atoms with Crippen LogP contribution in [0.15, 0.2) is 35.3 Å². The third kappa shape index (κ3) is 2.99. The van der Waals surface area contributed by atoms with Crippen molar-refractivity contribution in [2.24, 2.45) is 4.99 Å². The van der Waals surface area contributed by atoms with Crippen molar-refractivity contribution in [1.29, 1.82) is 0 Å². The maximum absolute atomic E-state index is 5.10. The third-order valence-electron chi connectivity index (χ3n) is 1.84. The van der Waals surface area contributed by atoms with E-state index in [4.69, 9.17) is 4.74 Å². The van der Waals surface area contributed by atoms with Crippen LogP contribution in [0.1, 0.15) is 18.5 Å². The number of aliphatic imine (C=N–C) groups is 1. The summed E-state index contributed by atoms with van der Waals surface area (Å²) in [6.45, 7) is 2.56. The third-order valence-corrected chi connectivity index (χ3v) is 1.84. The predicted octanol–water partition coefficient (Wildman–Crippen LogP) is 2.46. The van der Waals surface area contributed by atoms with Gasteiger partial charge in [0.2, 0.25) is 0 Å². The lowest BCUT2D eigenvalue weighted by Gasteiger charge is -2.10. The number of hydrogen-bond donors (Lipinski definition) is 0. The largest absolute Gasteiger partial charge is 0.382 e. The lowest BCUT2D eigenvalue weighted by atomic mass is 10.1. The van der Waals surface area contributed by atoms with Crippen LogP contribution < -0.4 is 0 Å². The molecule has 1 atom stereocenters. The summed E-state index contributed by atoms with van der Waals surface area (Å²) in [5.41, 5.74) is 1.20. The van der Waals surface area contributed by atoms with Gasteiger partial charge in [-0.1, -0.05) is 30.3 Å². The Labute approximate surface area is 79.3 Å². The van der Waals surface area contributed by atoms with Crippen molar-refractivity contribution in [2.45, 2.75) is 13.0 Å². The van der Waals surface area contributed by atoms with E-state index < -0.39 is 0 Å². The molecule has 0 saturated carbocycles. The van der Waals surface area contributed by atoms with Crippen molar-refractivity contribution in [3.8, 4) is 0 Å². The van der Waals surface area contributed by atoms with E-state index in [1.165, 1.54) is 5.56 Å². The molecule has 0 heterocycles. The zero-order valence-electron chi connectivity index (χ0n) is 8.10. The van der Waals surface area contributed by atoms with E-state index in [0.29, 0.717) is 6.61 Å². The van der Waals surface area contributed by atoms with Crippen LogP contribution in [0.25, 0.3) is 0 Å². The molecule has 0 unspecified atom stereocenters. The molecule has 0 bridgehead atoms. The van der Waals surface area contributed by atoms with E-state index >= 15 is 0 Å². The summed E-state index contributed by atoms with van der Waals surface area (Å²) in [6.07, 6.45) is 1.82. The van der Waals surface area contributed by atoms with Gasteiger partial charge < -0.3 is 4.74 Å². The van der Waals surface area contributed by atoms with E-state index in [0.717, 1.165) is 0 Å². The van der Waals surface area contributed by atoms with Gasteiger partial charge in [-0.15, -0.1) is 0 Å². The van der Waals surface area contributed by atoms with Gasteiger partial charge in [-0.2, -0.15) is 0 Å². The van der Waals surface area contributed by atoms with Gasteiger partial charge in [0.1, 0.15) is 0 Å². The molecule has 0 aliphatic heterocycles. The van der Waals surface area contributed by atoms with Crippen LogP contribution in [0.5, 0.6) is 0 Å². The van der Waals surface area contributed by atoms with Crippen LogP contribution in [-0.4, -0.2) is 19.9 Å². The molecule has 0 amide bonds. The van der Waals surface area contributed by atoms with Gasteiger partial charge in [0.15, 0.2) is 0 Å². The Morgan fingerprint density at radius 3 is 2.62 bits per heavy atom. The molecular weight excluding hydrogens is 162 g/mol. The summed E-state index contributed by atoms with van der Waals surface area (Å²) in [4.78, 5) is 4.33. The number of benzene rings is 1. The zero-order valence-corrected chi connectivity index (χ0v) is 8.10. The number of hydrogen-bond acceptors (Lipinski definition) is 2. The molecule has 2 nitrogen and oxygen atoms in total. The molecule has 0 N–H and O–H groups in total. The van der Waals surface area contributed by atoms with Crippen molar-refractivity contribution >= 4 is 6.21 Å².